The molecule has 1 fully saturated rings. The van der Waals surface area contributed by atoms with Crippen LogP contribution in [0.5, 0.6) is 0 Å². The van der Waals surface area contributed by atoms with E-state index in [4.69, 9.17) is 9.47 Å². The summed E-state index contributed by atoms with van der Waals surface area (Å²) in [5.74, 6) is 1.52. The Bertz CT molecular complexity index is 273. The first-order chi connectivity index (χ1) is 8.48. The lowest BCUT2D eigenvalue weighted by Gasteiger charge is -2.28. The minimum Gasteiger partial charge on any atom is -0.381 e. The molecule has 106 valence electrons. The Morgan fingerprint density at radius 2 is 2.28 bits per heavy atom. The Hall–Kier alpha value is -0.810. The number of methoxy groups -OCH3 is 1. The van der Waals surface area contributed by atoms with Gasteiger partial charge in [0.2, 0.25) is 0 Å². The first kappa shape index (κ1) is 15.2. The molecule has 0 bridgehead atoms. The van der Waals surface area contributed by atoms with E-state index in [-0.39, 0.29) is 5.60 Å². The normalized spacial score (nSPS) is 21.2. The molecule has 0 aromatic carbocycles. The molecule has 0 aliphatic carbocycles. The van der Waals surface area contributed by atoms with Crippen molar-refractivity contribution in [1.82, 2.24) is 10.2 Å². The fourth-order valence-corrected chi connectivity index (χ4v) is 1.95. The maximum absolute atomic E-state index is 5.40. The molecule has 0 aromatic heterocycles. The van der Waals surface area contributed by atoms with Gasteiger partial charge < -0.3 is 19.7 Å². The molecule has 5 nitrogen and oxygen atoms in total. The summed E-state index contributed by atoms with van der Waals surface area (Å²) < 4.78 is 10.8. The zero-order chi connectivity index (χ0) is 13.6. The molecule has 1 aliphatic heterocycles. The lowest BCUT2D eigenvalue weighted by Crippen LogP contribution is -2.47. The summed E-state index contributed by atoms with van der Waals surface area (Å²) in [7, 11) is 5.60. The van der Waals surface area contributed by atoms with Gasteiger partial charge in [0.1, 0.15) is 0 Å². The quantitative estimate of drug-likeness (QED) is 0.588. The lowest BCUT2D eigenvalue weighted by atomic mass is 10.1. The molecule has 5 heteroatoms. The van der Waals surface area contributed by atoms with Crippen LogP contribution in [-0.4, -0.2) is 64.0 Å². The zero-order valence-corrected chi connectivity index (χ0v) is 12.3. The number of ether oxygens (including phenoxy) is 2. The summed E-state index contributed by atoms with van der Waals surface area (Å²) >= 11 is 0. The number of aliphatic imine (C=N–C) groups is 1. The predicted octanol–water partition coefficient (Wildman–Crippen LogP) is 0.955. The minimum atomic E-state index is -0.187. The molecule has 0 amide bonds. The second kappa shape index (κ2) is 6.95. The van der Waals surface area contributed by atoms with E-state index >= 15 is 0 Å². The Kier molecular flexibility index (Phi) is 5.88. The van der Waals surface area contributed by atoms with Crippen molar-refractivity contribution in [3.05, 3.63) is 0 Å². The van der Waals surface area contributed by atoms with Gasteiger partial charge >= 0.3 is 0 Å². The molecule has 1 unspecified atom stereocenters. The van der Waals surface area contributed by atoms with Crippen LogP contribution in [0.4, 0.5) is 0 Å². The van der Waals surface area contributed by atoms with Crippen LogP contribution in [0.25, 0.3) is 0 Å². The first-order valence-electron chi connectivity index (χ1n) is 6.53. The smallest absolute Gasteiger partial charge is 0.193 e. The third kappa shape index (κ3) is 4.82. The van der Waals surface area contributed by atoms with Gasteiger partial charge in [-0.1, -0.05) is 0 Å². The topological polar surface area (TPSA) is 46.1 Å². The average Bonchev–Trinajstić information content (AvgIpc) is 2.82. The van der Waals surface area contributed by atoms with Gasteiger partial charge in [-0.25, -0.2) is 0 Å². The monoisotopic (exact) mass is 257 g/mol. The second-order valence-electron chi connectivity index (χ2n) is 5.47. The summed E-state index contributed by atoms with van der Waals surface area (Å²) in [5.41, 5.74) is -0.187. The van der Waals surface area contributed by atoms with Gasteiger partial charge in [-0.15, -0.1) is 0 Å². The minimum absolute atomic E-state index is 0.187. The summed E-state index contributed by atoms with van der Waals surface area (Å²) in [6.45, 7) is 7.58. The van der Waals surface area contributed by atoms with E-state index in [1.807, 2.05) is 7.05 Å². The van der Waals surface area contributed by atoms with Crippen LogP contribution in [0.2, 0.25) is 0 Å². The van der Waals surface area contributed by atoms with Gasteiger partial charge in [-0.05, 0) is 20.3 Å². The molecule has 0 radical (unpaired) electrons. The Balaban J connectivity index is 2.40. The molecule has 1 N–H and O–H groups in total. The fraction of sp³-hybridized carbons (Fsp3) is 0.923. The molecular formula is C13H27N3O2. The van der Waals surface area contributed by atoms with Gasteiger partial charge in [0.25, 0.3) is 0 Å². The molecule has 1 atom stereocenters. The van der Waals surface area contributed by atoms with Gasteiger partial charge in [0.15, 0.2) is 5.96 Å². The number of hydrogen-bond donors (Lipinski definition) is 1. The van der Waals surface area contributed by atoms with Crippen LogP contribution in [0.15, 0.2) is 4.99 Å². The van der Waals surface area contributed by atoms with E-state index in [0.717, 1.165) is 38.7 Å². The molecule has 0 spiro atoms. The van der Waals surface area contributed by atoms with Crippen molar-refractivity contribution in [2.75, 3.05) is 47.5 Å². The van der Waals surface area contributed by atoms with E-state index in [0.29, 0.717) is 5.92 Å². The Labute approximate surface area is 111 Å². The summed E-state index contributed by atoms with van der Waals surface area (Å²) in [4.78, 5) is 6.46. The third-order valence-electron chi connectivity index (χ3n) is 3.35. The van der Waals surface area contributed by atoms with E-state index in [9.17, 15) is 0 Å². The highest BCUT2D eigenvalue weighted by molar-refractivity contribution is 5.79. The number of guanidine groups is 1. The standard InChI is InChI=1S/C13H27N3O2/c1-13(2,17-5)10-15-12(14-3)16(4)8-11-6-7-18-9-11/h11H,6-10H2,1-5H3,(H,14,15). The molecule has 1 saturated heterocycles. The van der Waals surface area contributed by atoms with Gasteiger partial charge in [0.05, 0.1) is 12.2 Å². The largest absolute Gasteiger partial charge is 0.381 e. The first-order valence-corrected chi connectivity index (χ1v) is 6.53. The van der Waals surface area contributed by atoms with Crippen molar-refractivity contribution in [2.45, 2.75) is 25.9 Å². The van der Waals surface area contributed by atoms with Crippen molar-refractivity contribution < 1.29 is 9.47 Å². The van der Waals surface area contributed by atoms with Crippen molar-refractivity contribution in [3.63, 3.8) is 0 Å². The second-order valence-corrected chi connectivity index (χ2v) is 5.47. The van der Waals surface area contributed by atoms with E-state index in [1.165, 1.54) is 0 Å². The number of nitrogens with zero attached hydrogens (tertiary/aromatic N) is 2. The summed E-state index contributed by atoms with van der Waals surface area (Å²) in [6.07, 6.45) is 1.14. The summed E-state index contributed by atoms with van der Waals surface area (Å²) in [6, 6.07) is 0. The SMILES string of the molecule is CN=C(NCC(C)(C)OC)N(C)CC1CCOC1. The van der Waals surface area contributed by atoms with E-state index in [2.05, 4.69) is 36.1 Å². The third-order valence-corrected chi connectivity index (χ3v) is 3.35. The van der Waals surface area contributed by atoms with Gasteiger partial charge in [-0.2, -0.15) is 0 Å². The summed E-state index contributed by atoms with van der Waals surface area (Å²) in [5, 5.41) is 3.34. The molecule has 1 aliphatic rings. The van der Waals surface area contributed by atoms with Gasteiger partial charge in [-0.3, -0.25) is 4.99 Å². The Morgan fingerprint density at radius 1 is 1.56 bits per heavy atom. The van der Waals surface area contributed by atoms with Crippen molar-refractivity contribution in [3.8, 4) is 0 Å². The number of hydrogen-bond acceptors (Lipinski definition) is 3. The lowest BCUT2D eigenvalue weighted by molar-refractivity contribution is 0.0264. The molecule has 0 aromatic rings. The van der Waals surface area contributed by atoms with Crippen LogP contribution >= 0.6 is 0 Å². The van der Waals surface area contributed by atoms with E-state index < -0.39 is 0 Å². The van der Waals surface area contributed by atoms with Crippen LogP contribution in [0.3, 0.4) is 0 Å². The van der Waals surface area contributed by atoms with E-state index in [1.54, 1.807) is 7.11 Å². The van der Waals surface area contributed by atoms with Crippen LogP contribution < -0.4 is 5.32 Å². The molecule has 0 saturated carbocycles. The highest BCUT2D eigenvalue weighted by Gasteiger charge is 2.21. The molecule has 1 rings (SSSR count). The number of rotatable bonds is 5. The average molecular weight is 257 g/mol. The van der Waals surface area contributed by atoms with Crippen molar-refractivity contribution >= 4 is 5.96 Å². The van der Waals surface area contributed by atoms with Crippen LogP contribution in [-0.2, 0) is 9.47 Å². The molecule has 18 heavy (non-hydrogen) atoms. The van der Waals surface area contributed by atoms with Crippen molar-refractivity contribution in [2.24, 2.45) is 10.9 Å². The molecule has 1 heterocycles. The van der Waals surface area contributed by atoms with Crippen LogP contribution in [0.1, 0.15) is 20.3 Å². The molecular weight excluding hydrogens is 230 g/mol. The maximum atomic E-state index is 5.40. The maximum Gasteiger partial charge on any atom is 0.193 e. The highest BCUT2D eigenvalue weighted by Crippen LogP contribution is 2.13. The highest BCUT2D eigenvalue weighted by atomic mass is 16.5. The fourth-order valence-electron chi connectivity index (χ4n) is 1.95. The number of nitrogens with one attached hydrogen (secondary N) is 1. The van der Waals surface area contributed by atoms with Gasteiger partial charge in [0, 0.05) is 46.8 Å². The predicted molar refractivity (Wildman–Crippen MR) is 74.0 cm³/mol. The van der Waals surface area contributed by atoms with Crippen LogP contribution in [0, 0.1) is 5.92 Å². The Morgan fingerprint density at radius 3 is 2.78 bits per heavy atom. The van der Waals surface area contributed by atoms with Crippen molar-refractivity contribution in [1.29, 1.82) is 0 Å². The zero-order valence-electron chi connectivity index (χ0n) is 12.3.